The van der Waals surface area contributed by atoms with Crippen molar-refractivity contribution in [3.63, 3.8) is 0 Å². The molecule has 2 aliphatic rings. The lowest BCUT2D eigenvalue weighted by atomic mass is 9.99. The van der Waals surface area contributed by atoms with Crippen LogP contribution in [-0.4, -0.2) is 67.5 Å². The number of likely N-dealkylation sites (tertiary alicyclic amines) is 2. The van der Waals surface area contributed by atoms with Gasteiger partial charge in [-0.15, -0.1) is 5.10 Å². The molecule has 4 heterocycles. The molecule has 0 N–H and O–H groups in total. The summed E-state index contributed by atoms with van der Waals surface area (Å²) in [6.45, 7) is 4.32. The van der Waals surface area contributed by atoms with Crippen molar-refractivity contribution in [2.75, 3.05) is 26.2 Å². The van der Waals surface area contributed by atoms with E-state index in [4.69, 9.17) is 0 Å². The third-order valence-electron chi connectivity index (χ3n) is 5.17. The van der Waals surface area contributed by atoms with Crippen LogP contribution < -0.4 is 0 Å². The summed E-state index contributed by atoms with van der Waals surface area (Å²) in [6, 6.07) is 2.10. The van der Waals surface area contributed by atoms with Crippen LogP contribution in [0.25, 0.3) is 5.78 Å². The van der Waals surface area contributed by atoms with Gasteiger partial charge in [-0.05, 0) is 57.7 Å². The summed E-state index contributed by atoms with van der Waals surface area (Å²) in [5.41, 5.74) is 0. The van der Waals surface area contributed by atoms with Gasteiger partial charge in [-0.3, -0.25) is 4.79 Å². The largest absolute Gasteiger partial charge is 0.333 e. The van der Waals surface area contributed by atoms with Crippen molar-refractivity contribution < 1.29 is 4.79 Å². The van der Waals surface area contributed by atoms with Crippen LogP contribution in [0, 0.1) is 0 Å². The van der Waals surface area contributed by atoms with Crippen LogP contribution in [0.1, 0.15) is 49.1 Å². The lowest BCUT2D eigenvalue weighted by Crippen LogP contribution is -2.45. The molecule has 2 saturated heterocycles. The Balaban J connectivity index is 1.47. The molecule has 7 nitrogen and oxygen atoms in total. The van der Waals surface area contributed by atoms with Crippen molar-refractivity contribution in [3.8, 4) is 0 Å². The second-order valence-electron chi connectivity index (χ2n) is 6.79. The van der Waals surface area contributed by atoms with Crippen molar-refractivity contribution in [2.45, 2.75) is 44.6 Å². The molecular weight excluding hydrogens is 304 g/mol. The molecule has 7 heteroatoms. The SMILES string of the molecule is O=C(c1nc2ncccn2n1)N1CCCCC1CCN1CCCC1. The van der Waals surface area contributed by atoms with Crippen molar-refractivity contribution in [1.82, 2.24) is 29.4 Å². The van der Waals surface area contributed by atoms with Gasteiger partial charge in [0.1, 0.15) is 0 Å². The highest BCUT2D eigenvalue weighted by atomic mass is 16.2. The van der Waals surface area contributed by atoms with Crippen LogP contribution in [0.2, 0.25) is 0 Å². The Hall–Kier alpha value is -2.02. The molecule has 2 aromatic rings. The first-order chi connectivity index (χ1) is 11.8. The van der Waals surface area contributed by atoms with E-state index >= 15 is 0 Å². The molecule has 0 aliphatic carbocycles. The van der Waals surface area contributed by atoms with Gasteiger partial charge >= 0.3 is 0 Å². The lowest BCUT2D eigenvalue weighted by molar-refractivity contribution is 0.0575. The number of fused-ring (bicyclic) bond motifs is 1. The summed E-state index contributed by atoms with van der Waals surface area (Å²) >= 11 is 0. The van der Waals surface area contributed by atoms with Gasteiger partial charge in [0.25, 0.3) is 11.7 Å². The summed E-state index contributed by atoms with van der Waals surface area (Å²) in [6.07, 6.45) is 10.5. The summed E-state index contributed by atoms with van der Waals surface area (Å²) in [5, 5.41) is 4.30. The van der Waals surface area contributed by atoms with Crippen LogP contribution >= 0.6 is 0 Å². The minimum Gasteiger partial charge on any atom is -0.333 e. The van der Waals surface area contributed by atoms with Crippen molar-refractivity contribution in [2.24, 2.45) is 0 Å². The van der Waals surface area contributed by atoms with Crippen LogP contribution in [-0.2, 0) is 0 Å². The third-order valence-corrected chi connectivity index (χ3v) is 5.17. The molecule has 0 bridgehead atoms. The van der Waals surface area contributed by atoms with Gasteiger partial charge in [-0.25, -0.2) is 9.50 Å². The number of carbonyl (C=O) groups is 1. The lowest BCUT2D eigenvalue weighted by Gasteiger charge is -2.36. The Morgan fingerprint density at radius 3 is 2.83 bits per heavy atom. The van der Waals surface area contributed by atoms with Crippen LogP contribution in [0.4, 0.5) is 0 Å². The molecule has 2 aliphatic heterocycles. The molecule has 0 saturated carbocycles. The maximum absolute atomic E-state index is 12.9. The number of rotatable bonds is 4. The van der Waals surface area contributed by atoms with E-state index < -0.39 is 0 Å². The molecule has 4 rings (SSSR count). The molecule has 0 radical (unpaired) electrons. The van der Waals surface area contributed by atoms with Gasteiger partial charge in [0.15, 0.2) is 0 Å². The quantitative estimate of drug-likeness (QED) is 0.853. The number of nitrogens with zero attached hydrogens (tertiary/aromatic N) is 6. The molecule has 0 aromatic carbocycles. The first kappa shape index (κ1) is 15.5. The molecule has 1 amide bonds. The molecule has 2 aromatic heterocycles. The van der Waals surface area contributed by atoms with Crippen LogP contribution in [0.5, 0.6) is 0 Å². The Morgan fingerprint density at radius 2 is 2.00 bits per heavy atom. The number of hydrogen-bond donors (Lipinski definition) is 0. The second kappa shape index (κ2) is 6.84. The van der Waals surface area contributed by atoms with Gasteiger partial charge in [0.05, 0.1) is 0 Å². The van der Waals surface area contributed by atoms with Gasteiger partial charge in [0.2, 0.25) is 5.82 Å². The van der Waals surface area contributed by atoms with Gasteiger partial charge in [0, 0.05) is 31.5 Å². The number of amides is 1. The summed E-state index contributed by atoms with van der Waals surface area (Å²) < 4.78 is 1.57. The first-order valence-electron chi connectivity index (χ1n) is 9.02. The standard InChI is InChI=1S/C17H24N6O/c24-16(15-19-17-18-8-5-12-23(17)20-15)22-11-2-1-6-14(22)7-13-21-9-3-4-10-21/h5,8,12,14H,1-4,6-7,9-11,13H2. The van der Waals surface area contributed by atoms with E-state index in [9.17, 15) is 4.79 Å². The molecule has 24 heavy (non-hydrogen) atoms. The summed E-state index contributed by atoms with van der Waals surface area (Å²) in [7, 11) is 0. The Morgan fingerprint density at radius 1 is 1.17 bits per heavy atom. The Kier molecular flexibility index (Phi) is 4.42. The van der Waals surface area contributed by atoms with Crippen LogP contribution in [0.3, 0.4) is 0 Å². The molecule has 1 atom stereocenters. The fourth-order valence-electron chi connectivity index (χ4n) is 3.86. The second-order valence-corrected chi connectivity index (χ2v) is 6.79. The van der Waals surface area contributed by atoms with Crippen molar-refractivity contribution >= 4 is 11.7 Å². The molecule has 1 unspecified atom stereocenters. The van der Waals surface area contributed by atoms with E-state index in [1.165, 1.54) is 32.4 Å². The smallest absolute Gasteiger partial charge is 0.293 e. The summed E-state index contributed by atoms with van der Waals surface area (Å²) in [4.78, 5) is 25.9. The Bertz CT molecular complexity index is 675. The zero-order valence-electron chi connectivity index (χ0n) is 14.0. The molecule has 0 spiro atoms. The predicted octanol–water partition coefficient (Wildman–Crippen LogP) is 1.60. The average Bonchev–Trinajstić information content (AvgIpc) is 3.29. The maximum atomic E-state index is 12.9. The number of carbonyl (C=O) groups excluding carboxylic acids is 1. The molecule has 128 valence electrons. The van der Waals surface area contributed by atoms with Crippen LogP contribution in [0.15, 0.2) is 18.5 Å². The highest BCUT2D eigenvalue weighted by molar-refractivity contribution is 5.91. The van der Waals surface area contributed by atoms with Gasteiger partial charge in [-0.1, -0.05) is 0 Å². The monoisotopic (exact) mass is 328 g/mol. The molecular formula is C17H24N6O. The minimum absolute atomic E-state index is 0.0494. The van der Waals surface area contributed by atoms with Crippen molar-refractivity contribution in [3.05, 3.63) is 24.3 Å². The number of hydrogen-bond acceptors (Lipinski definition) is 5. The van der Waals surface area contributed by atoms with E-state index in [0.717, 1.165) is 32.4 Å². The normalized spacial score (nSPS) is 22.3. The zero-order valence-corrected chi connectivity index (χ0v) is 14.0. The minimum atomic E-state index is -0.0494. The Labute approximate surface area is 141 Å². The number of aromatic nitrogens is 4. The fraction of sp³-hybridized carbons (Fsp3) is 0.647. The first-order valence-corrected chi connectivity index (χ1v) is 9.02. The van der Waals surface area contributed by atoms with Gasteiger partial charge in [-0.2, -0.15) is 4.98 Å². The number of piperidine rings is 1. The summed E-state index contributed by atoms with van der Waals surface area (Å²) in [5.74, 6) is 0.694. The van der Waals surface area contributed by atoms with Crippen molar-refractivity contribution in [1.29, 1.82) is 0 Å². The highest BCUT2D eigenvalue weighted by Crippen LogP contribution is 2.22. The maximum Gasteiger partial charge on any atom is 0.293 e. The molecule has 2 fully saturated rings. The topological polar surface area (TPSA) is 66.6 Å². The fourth-order valence-corrected chi connectivity index (χ4v) is 3.86. The van der Waals surface area contributed by atoms with E-state index in [1.54, 1.807) is 23.0 Å². The van der Waals surface area contributed by atoms with Gasteiger partial charge < -0.3 is 9.80 Å². The highest BCUT2D eigenvalue weighted by Gasteiger charge is 2.30. The van der Waals surface area contributed by atoms with E-state index in [0.29, 0.717) is 11.8 Å². The predicted molar refractivity (Wildman–Crippen MR) is 89.7 cm³/mol. The van der Waals surface area contributed by atoms with E-state index in [2.05, 4.69) is 20.0 Å². The average molecular weight is 328 g/mol. The van der Waals surface area contributed by atoms with E-state index in [-0.39, 0.29) is 11.7 Å². The zero-order chi connectivity index (χ0) is 16.4. The third kappa shape index (κ3) is 3.13. The van der Waals surface area contributed by atoms with E-state index in [1.807, 2.05) is 4.90 Å².